The van der Waals surface area contributed by atoms with Crippen LogP contribution < -0.4 is 10.6 Å². The van der Waals surface area contributed by atoms with Crippen LogP contribution in [0.25, 0.3) is 10.9 Å². The van der Waals surface area contributed by atoms with Crippen LogP contribution in [0, 0.1) is 12.8 Å². The average Bonchev–Trinajstić information content (AvgIpc) is 3.28. The van der Waals surface area contributed by atoms with Crippen LogP contribution in [-0.2, 0) is 4.79 Å². The fraction of sp³-hybridized carbons (Fsp3) is 0.400. The summed E-state index contributed by atoms with van der Waals surface area (Å²) in [5.41, 5.74) is 2.10. The van der Waals surface area contributed by atoms with Gasteiger partial charge in [-0.05, 0) is 31.9 Å². The van der Waals surface area contributed by atoms with Crippen molar-refractivity contribution in [1.82, 2.24) is 15.3 Å². The Morgan fingerprint density at radius 1 is 1.30 bits per heavy atom. The van der Waals surface area contributed by atoms with Crippen LogP contribution in [0.1, 0.15) is 18.4 Å². The van der Waals surface area contributed by atoms with Crippen molar-refractivity contribution in [3.05, 3.63) is 30.1 Å². The molecule has 1 aliphatic rings. The number of anilines is 1. The number of rotatable bonds is 5. The molecule has 5 nitrogen and oxygen atoms in total. The molecule has 0 spiro atoms. The van der Waals surface area contributed by atoms with E-state index in [1.165, 1.54) is 5.56 Å². The molecule has 1 heterocycles. The van der Waals surface area contributed by atoms with Gasteiger partial charge in [-0.2, -0.15) is 0 Å². The van der Waals surface area contributed by atoms with Crippen molar-refractivity contribution in [3.8, 4) is 0 Å². The second-order valence-corrected chi connectivity index (χ2v) is 5.23. The zero-order chi connectivity index (χ0) is 13.9. The van der Waals surface area contributed by atoms with E-state index in [0.717, 1.165) is 29.6 Å². The molecule has 1 aromatic heterocycles. The van der Waals surface area contributed by atoms with Crippen molar-refractivity contribution in [2.24, 2.45) is 5.92 Å². The van der Waals surface area contributed by atoms with E-state index >= 15 is 0 Å². The lowest BCUT2D eigenvalue weighted by atomic mass is 10.1. The van der Waals surface area contributed by atoms with Gasteiger partial charge in [0.1, 0.15) is 12.1 Å². The van der Waals surface area contributed by atoms with Gasteiger partial charge >= 0.3 is 0 Å². The largest absolute Gasteiger partial charge is 0.368 e. The Morgan fingerprint density at radius 3 is 2.95 bits per heavy atom. The maximum Gasteiger partial charge on any atom is 0.223 e. The smallest absolute Gasteiger partial charge is 0.223 e. The SMILES string of the molecule is Cc1ccc2ncnc(NCCNC(=O)C3CC3)c2c1. The predicted molar refractivity (Wildman–Crippen MR) is 78.5 cm³/mol. The molecule has 2 N–H and O–H groups in total. The molecule has 1 fully saturated rings. The third-order valence-corrected chi connectivity index (χ3v) is 3.46. The van der Waals surface area contributed by atoms with Crippen molar-refractivity contribution in [2.75, 3.05) is 18.4 Å². The molecule has 0 saturated heterocycles. The third-order valence-electron chi connectivity index (χ3n) is 3.46. The molecule has 0 radical (unpaired) electrons. The van der Waals surface area contributed by atoms with Crippen LogP contribution in [0.2, 0.25) is 0 Å². The van der Waals surface area contributed by atoms with Crippen molar-refractivity contribution in [2.45, 2.75) is 19.8 Å². The lowest BCUT2D eigenvalue weighted by Gasteiger charge is -2.09. The Labute approximate surface area is 117 Å². The summed E-state index contributed by atoms with van der Waals surface area (Å²) in [6, 6.07) is 6.10. The number of fused-ring (bicyclic) bond motifs is 1. The Balaban J connectivity index is 1.62. The summed E-state index contributed by atoms with van der Waals surface area (Å²) in [5.74, 6) is 1.26. The topological polar surface area (TPSA) is 66.9 Å². The first-order valence-corrected chi connectivity index (χ1v) is 6.97. The van der Waals surface area contributed by atoms with E-state index in [0.29, 0.717) is 13.1 Å². The lowest BCUT2D eigenvalue weighted by Crippen LogP contribution is -2.29. The van der Waals surface area contributed by atoms with E-state index in [9.17, 15) is 4.79 Å². The van der Waals surface area contributed by atoms with Crippen LogP contribution in [0.15, 0.2) is 24.5 Å². The van der Waals surface area contributed by atoms with Gasteiger partial charge < -0.3 is 10.6 Å². The number of carbonyl (C=O) groups excluding carboxylic acids is 1. The van der Waals surface area contributed by atoms with E-state index in [2.05, 4.69) is 26.7 Å². The van der Waals surface area contributed by atoms with Gasteiger partial charge in [0, 0.05) is 24.4 Å². The highest BCUT2D eigenvalue weighted by Crippen LogP contribution is 2.28. The Kier molecular flexibility index (Phi) is 3.50. The summed E-state index contributed by atoms with van der Waals surface area (Å²) < 4.78 is 0. The van der Waals surface area contributed by atoms with Crippen molar-refractivity contribution in [3.63, 3.8) is 0 Å². The molecular weight excluding hydrogens is 252 g/mol. The predicted octanol–water partition coefficient (Wildman–Crippen LogP) is 1.88. The molecular formula is C15H18N4O. The van der Waals surface area contributed by atoms with Gasteiger partial charge in [0.15, 0.2) is 0 Å². The monoisotopic (exact) mass is 270 g/mol. The summed E-state index contributed by atoms with van der Waals surface area (Å²) >= 11 is 0. The van der Waals surface area contributed by atoms with Crippen molar-refractivity contribution < 1.29 is 4.79 Å². The zero-order valence-electron chi connectivity index (χ0n) is 11.5. The molecule has 5 heteroatoms. The molecule has 1 saturated carbocycles. The van der Waals surface area contributed by atoms with Gasteiger partial charge in [-0.15, -0.1) is 0 Å². The Bertz CT molecular complexity index is 637. The van der Waals surface area contributed by atoms with Gasteiger partial charge in [0.25, 0.3) is 0 Å². The molecule has 1 aliphatic carbocycles. The molecule has 0 atom stereocenters. The maximum absolute atomic E-state index is 11.5. The molecule has 0 aliphatic heterocycles. The number of amides is 1. The fourth-order valence-electron chi connectivity index (χ4n) is 2.17. The van der Waals surface area contributed by atoms with Gasteiger partial charge in [0.05, 0.1) is 5.52 Å². The zero-order valence-corrected chi connectivity index (χ0v) is 11.5. The average molecular weight is 270 g/mol. The fourth-order valence-corrected chi connectivity index (χ4v) is 2.17. The molecule has 0 bridgehead atoms. The highest BCUT2D eigenvalue weighted by Gasteiger charge is 2.28. The maximum atomic E-state index is 11.5. The number of nitrogens with one attached hydrogen (secondary N) is 2. The number of hydrogen-bond acceptors (Lipinski definition) is 4. The Hall–Kier alpha value is -2.17. The van der Waals surface area contributed by atoms with E-state index < -0.39 is 0 Å². The summed E-state index contributed by atoms with van der Waals surface area (Å²) in [5, 5.41) is 7.21. The highest BCUT2D eigenvalue weighted by atomic mass is 16.2. The van der Waals surface area contributed by atoms with Gasteiger partial charge in [-0.25, -0.2) is 9.97 Å². The van der Waals surface area contributed by atoms with E-state index in [-0.39, 0.29) is 11.8 Å². The minimum Gasteiger partial charge on any atom is -0.368 e. The van der Waals surface area contributed by atoms with Crippen LogP contribution in [-0.4, -0.2) is 29.0 Å². The van der Waals surface area contributed by atoms with Crippen LogP contribution in [0.5, 0.6) is 0 Å². The van der Waals surface area contributed by atoms with E-state index in [1.807, 2.05) is 19.1 Å². The molecule has 3 rings (SSSR count). The lowest BCUT2D eigenvalue weighted by molar-refractivity contribution is -0.122. The summed E-state index contributed by atoms with van der Waals surface area (Å²) in [6.07, 6.45) is 3.63. The second-order valence-electron chi connectivity index (χ2n) is 5.23. The molecule has 1 amide bonds. The number of aryl methyl sites for hydroxylation is 1. The third kappa shape index (κ3) is 2.87. The van der Waals surface area contributed by atoms with Crippen LogP contribution in [0.3, 0.4) is 0 Å². The Morgan fingerprint density at radius 2 is 2.15 bits per heavy atom. The van der Waals surface area contributed by atoms with Crippen molar-refractivity contribution >= 4 is 22.6 Å². The minimum atomic E-state index is 0.176. The molecule has 104 valence electrons. The van der Waals surface area contributed by atoms with Crippen LogP contribution >= 0.6 is 0 Å². The van der Waals surface area contributed by atoms with Crippen LogP contribution in [0.4, 0.5) is 5.82 Å². The minimum absolute atomic E-state index is 0.176. The highest BCUT2D eigenvalue weighted by molar-refractivity contribution is 5.89. The first-order chi connectivity index (χ1) is 9.74. The number of hydrogen-bond donors (Lipinski definition) is 2. The summed E-state index contributed by atoms with van der Waals surface area (Å²) in [6.45, 7) is 3.33. The molecule has 20 heavy (non-hydrogen) atoms. The number of benzene rings is 1. The summed E-state index contributed by atoms with van der Waals surface area (Å²) in [7, 11) is 0. The van der Waals surface area contributed by atoms with Gasteiger partial charge in [-0.1, -0.05) is 11.6 Å². The first kappa shape index (κ1) is 12.8. The normalized spacial score (nSPS) is 14.2. The first-order valence-electron chi connectivity index (χ1n) is 6.97. The van der Waals surface area contributed by atoms with E-state index in [4.69, 9.17) is 0 Å². The molecule has 2 aromatic rings. The number of aromatic nitrogens is 2. The summed E-state index contributed by atoms with van der Waals surface area (Å²) in [4.78, 5) is 20.0. The second kappa shape index (κ2) is 5.45. The quantitative estimate of drug-likeness (QED) is 0.814. The van der Waals surface area contributed by atoms with Gasteiger partial charge in [-0.3, -0.25) is 4.79 Å². The molecule has 0 unspecified atom stereocenters. The standard InChI is InChI=1S/C15H18N4O/c1-10-2-5-13-12(8-10)14(19-9-18-13)16-6-7-17-15(20)11-3-4-11/h2,5,8-9,11H,3-4,6-7H2,1H3,(H,17,20)(H,16,18,19). The van der Waals surface area contributed by atoms with Gasteiger partial charge in [0.2, 0.25) is 5.91 Å². The van der Waals surface area contributed by atoms with Crippen molar-refractivity contribution in [1.29, 1.82) is 0 Å². The number of nitrogens with zero attached hydrogens (tertiary/aromatic N) is 2. The number of carbonyl (C=O) groups is 1. The molecule has 1 aromatic carbocycles. The van der Waals surface area contributed by atoms with E-state index in [1.54, 1.807) is 6.33 Å².